The van der Waals surface area contributed by atoms with Crippen LogP contribution < -0.4 is 0 Å². The highest BCUT2D eigenvalue weighted by atomic mass is 16.2. The molecule has 1 heterocycles. The van der Waals surface area contributed by atoms with Gasteiger partial charge < -0.3 is 10.0 Å². The number of aliphatic hydroxyl groups excluding tert-OH is 1. The lowest BCUT2D eigenvalue weighted by Crippen LogP contribution is -2.31. The maximum atomic E-state index is 11.8. The van der Waals surface area contributed by atoms with Gasteiger partial charge in [0.25, 0.3) is 0 Å². The van der Waals surface area contributed by atoms with E-state index in [2.05, 4.69) is 6.92 Å². The molecule has 0 aromatic heterocycles. The molecule has 0 aliphatic carbocycles. The summed E-state index contributed by atoms with van der Waals surface area (Å²) in [4.78, 5) is 13.8. The second kappa shape index (κ2) is 7.66. The number of carbonyl (C=O) groups excluding carboxylic acids is 1. The van der Waals surface area contributed by atoms with E-state index in [9.17, 15) is 4.79 Å². The smallest absolute Gasteiger partial charge is 0.222 e. The molecule has 0 spiro atoms. The Hall–Kier alpha value is -0.570. The fraction of sp³-hybridized carbons (Fsp3) is 0.923. The van der Waals surface area contributed by atoms with Crippen molar-refractivity contribution in [1.29, 1.82) is 0 Å². The molecule has 1 fully saturated rings. The number of amides is 1. The van der Waals surface area contributed by atoms with Gasteiger partial charge in [0, 0.05) is 26.1 Å². The van der Waals surface area contributed by atoms with Gasteiger partial charge in [-0.25, -0.2) is 0 Å². The Kier molecular flexibility index (Phi) is 6.46. The largest absolute Gasteiger partial charge is 0.396 e. The van der Waals surface area contributed by atoms with Crippen molar-refractivity contribution in [3.8, 4) is 0 Å². The topological polar surface area (TPSA) is 40.5 Å². The Morgan fingerprint density at radius 3 is 2.75 bits per heavy atom. The van der Waals surface area contributed by atoms with Crippen LogP contribution in [0.1, 0.15) is 51.9 Å². The third-order valence-corrected chi connectivity index (χ3v) is 3.43. The molecule has 1 aliphatic heterocycles. The molecule has 0 aromatic rings. The lowest BCUT2D eigenvalue weighted by Gasteiger charge is -2.20. The van der Waals surface area contributed by atoms with E-state index in [0.717, 1.165) is 58.0 Å². The first kappa shape index (κ1) is 13.5. The molecule has 1 atom stereocenters. The molecule has 1 amide bonds. The number of nitrogens with zero attached hydrogens (tertiary/aromatic N) is 1. The summed E-state index contributed by atoms with van der Waals surface area (Å²) in [5.74, 6) is 1.04. The lowest BCUT2D eigenvalue weighted by atomic mass is 10.0. The Labute approximate surface area is 98.8 Å². The predicted octanol–water partition coefficient (Wildman–Crippen LogP) is 2.19. The van der Waals surface area contributed by atoms with Gasteiger partial charge in [0.05, 0.1) is 0 Å². The Morgan fingerprint density at radius 1 is 1.25 bits per heavy atom. The Bertz CT molecular complexity index is 206. The second-order valence-electron chi connectivity index (χ2n) is 4.95. The standard InChI is InChI=1S/C13H25NO2/c1-12-6-7-13(16)14(10-8-12)9-4-2-3-5-11-15/h12,15H,2-11H2,1H3. The van der Waals surface area contributed by atoms with E-state index in [1.807, 2.05) is 4.90 Å². The molecule has 0 aromatic carbocycles. The molecule has 1 rings (SSSR count). The quantitative estimate of drug-likeness (QED) is 0.707. The molecule has 16 heavy (non-hydrogen) atoms. The number of rotatable bonds is 6. The minimum Gasteiger partial charge on any atom is -0.396 e. The zero-order valence-electron chi connectivity index (χ0n) is 10.5. The summed E-state index contributed by atoms with van der Waals surface area (Å²) >= 11 is 0. The van der Waals surface area contributed by atoms with Crippen LogP contribution in [-0.4, -0.2) is 35.6 Å². The van der Waals surface area contributed by atoms with Crippen molar-refractivity contribution < 1.29 is 9.90 Å². The summed E-state index contributed by atoms with van der Waals surface area (Å²) in [7, 11) is 0. The molecular formula is C13H25NO2. The molecule has 1 unspecified atom stereocenters. The van der Waals surface area contributed by atoms with Crippen LogP contribution >= 0.6 is 0 Å². The van der Waals surface area contributed by atoms with Gasteiger partial charge in [-0.1, -0.05) is 19.8 Å². The molecule has 0 radical (unpaired) electrons. The van der Waals surface area contributed by atoms with E-state index in [4.69, 9.17) is 5.11 Å². The molecule has 1 saturated heterocycles. The monoisotopic (exact) mass is 227 g/mol. The van der Waals surface area contributed by atoms with Crippen LogP contribution in [0.2, 0.25) is 0 Å². The third kappa shape index (κ3) is 4.97. The maximum Gasteiger partial charge on any atom is 0.222 e. The molecule has 3 nitrogen and oxygen atoms in total. The van der Waals surface area contributed by atoms with E-state index in [-0.39, 0.29) is 0 Å². The molecule has 3 heteroatoms. The van der Waals surface area contributed by atoms with E-state index in [1.165, 1.54) is 0 Å². The van der Waals surface area contributed by atoms with E-state index in [1.54, 1.807) is 0 Å². The predicted molar refractivity (Wildman–Crippen MR) is 65.1 cm³/mol. The van der Waals surface area contributed by atoms with Crippen LogP contribution in [0.4, 0.5) is 0 Å². The van der Waals surface area contributed by atoms with Crippen molar-refractivity contribution in [1.82, 2.24) is 4.90 Å². The highest BCUT2D eigenvalue weighted by Crippen LogP contribution is 2.17. The van der Waals surface area contributed by atoms with Crippen LogP contribution in [0.25, 0.3) is 0 Å². The van der Waals surface area contributed by atoms with Gasteiger partial charge >= 0.3 is 0 Å². The van der Waals surface area contributed by atoms with Gasteiger partial charge in [-0.05, 0) is 31.6 Å². The summed E-state index contributed by atoms with van der Waals surface area (Å²) in [6.45, 7) is 4.38. The Morgan fingerprint density at radius 2 is 2.00 bits per heavy atom. The first-order valence-electron chi connectivity index (χ1n) is 6.62. The number of hydrogen-bond acceptors (Lipinski definition) is 2. The first-order chi connectivity index (χ1) is 7.74. The van der Waals surface area contributed by atoms with Crippen molar-refractivity contribution in [2.45, 2.75) is 51.9 Å². The van der Waals surface area contributed by atoms with Gasteiger partial charge in [-0.2, -0.15) is 0 Å². The number of carbonyl (C=O) groups is 1. The van der Waals surface area contributed by atoms with E-state index in [0.29, 0.717) is 18.4 Å². The van der Waals surface area contributed by atoms with Gasteiger partial charge in [-0.3, -0.25) is 4.79 Å². The van der Waals surface area contributed by atoms with Crippen molar-refractivity contribution in [2.24, 2.45) is 5.92 Å². The van der Waals surface area contributed by atoms with Crippen LogP contribution in [0.3, 0.4) is 0 Å². The van der Waals surface area contributed by atoms with Crippen molar-refractivity contribution in [2.75, 3.05) is 19.7 Å². The molecule has 0 bridgehead atoms. The van der Waals surface area contributed by atoms with Gasteiger partial charge in [0.1, 0.15) is 0 Å². The summed E-state index contributed by atoms with van der Waals surface area (Å²) in [6.07, 6.45) is 7.12. The van der Waals surface area contributed by atoms with Crippen molar-refractivity contribution in [3.63, 3.8) is 0 Å². The van der Waals surface area contributed by atoms with Gasteiger partial charge in [0.2, 0.25) is 5.91 Å². The van der Waals surface area contributed by atoms with Crippen LogP contribution in [0.15, 0.2) is 0 Å². The van der Waals surface area contributed by atoms with Crippen LogP contribution in [0.5, 0.6) is 0 Å². The number of likely N-dealkylation sites (tertiary alicyclic amines) is 1. The highest BCUT2D eigenvalue weighted by molar-refractivity contribution is 5.76. The fourth-order valence-electron chi connectivity index (χ4n) is 2.18. The van der Waals surface area contributed by atoms with E-state index >= 15 is 0 Å². The molecule has 94 valence electrons. The minimum absolute atomic E-state index is 0.292. The number of aliphatic hydroxyl groups is 1. The summed E-state index contributed by atoms with van der Waals surface area (Å²) in [5.41, 5.74) is 0. The van der Waals surface area contributed by atoms with Crippen LogP contribution in [-0.2, 0) is 4.79 Å². The first-order valence-corrected chi connectivity index (χ1v) is 6.62. The maximum absolute atomic E-state index is 11.8. The SMILES string of the molecule is CC1CCC(=O)N(CCCCCCO)CC1. The summed E-state index contributed by atoms with van der Waals surface area (Å²) < 4.78 is 0. The minimum atomic E-state index is 0.292. The molecule has 1 N–H and O–H groups in total. The highest BCUT2D eigenvalue weighted by Gasteiger charge is 2.19. The molecule has 1 aliphatic rings. The summed E-state index contributed by atoms with van der Waals surface area (Å²) in [5, 5.41) is 8.66. The Balaban J connectivity index is 2.16. The molecule has 0 saturated carbocycles. The van der Waals surface area contributed by atoms with E-state index < -0.39 is 0 Å². The van der Waals surface area contributed by atoms with Gasteiger partial charge in [0.15, 0.2) is 0 Å². The van der Waals surface area contributed by atoms with Crippen LogP contribution in [0, 0.1) is 5.92 Å². The number of hydrogen-bond donors (Lipinski definition) is 1. The average Bonchev–Trinajstić information content (AvgIpc) is 2.43. The van der Waals surface area contributed by atoms with Crippen molar-refractivity contribution >= 4 is 5.91 Å². The van der Waals surface area contributed by atoms with Gasteiger partial charge in [-0.15, -0.1) is 0 Å². The normalized spacial score (nSPS) is 22.2. The zero-order valence-corrected chi connectivity index (χ0v) is 10.5. The molecular weight excluding hydrogens is 202 g/mol. The zero-order chi connectivity index (χ0) is 11.8. The van der Waals surface area contributed by atoms with Crippen molar-refractivity contribution in [3.05, 3.63) is 0 Å². The second-order valence-corrected chi connectivity index (χ2v) is 4.95. The summed E-state index contributed by atoms with van der Waals surface area (Å²) in [6, 6.07) is 0. The number of unbranched alkanes of at least 4 members (excludes halogenated alkanes) is 3. The fourth-order valence-corrected chi connectivity index (χ4v) is 2.18. The average molecular weight is 227 g/mol. The third-order valence-electron chi connectivity index (χ3n) is 3.43. The lowest BCUT2D eigenvalue weighted by molar-refractivity contribution is -0.130.